The average molecular weight is 316 g/mol. The molecule has 1 atom stereocenters. The summed E-state index contributed by atoms with van der Waals surface area (Å²) in [7, 11) is 0. The fourth-order valence-electron chi connectivity index (χ4n) is 2.40. The second kappa shape index (κ2) is 5.76. The number of primary amides is 1. The number of carbonyl (C=O) groups excluding carboxylic acids is 2. The van der Waals surface area contributed by atoms with Crippen molar-refractivity contribution in [3.05, 3.63) is 40.9 Å². The molecule has 0 aliphatic carbocycles. The van der Waals surface area contributed by atoms with Crippen LogP contribution in [0, 0.1) is 6.92 Å². The monoisotopic (exact) mass is 316 g/mol. The number of hydrogen-bond donors (Lipinski definition) is 2. The summed E-state index contributed by atoms with van der Waals surface area (Å²) in [6.07, 6.45) is 0.693. The van der Waals surface area contributed by atoms with Gasteiger partial charge in [0.1, 0.15) is 11.7 Å². The SMILES string of the molecule is Cc1ccc(N2CCC(Nc3nc(C(N)=O)cs3)C2=O)cc1. The van der Waals surface area contributed by atoms with Gasteiger partial charge in [0, 0.05) is 17.6 Å². The van der Waals surface area contributed by atoms with Crippen LogP contribution in [0.25, 0.3) is 0 Å². The summed E-state index contributed by atoms with van der Waals surface area (Å²) in [6.45, 7) is 2.67. The quantitative estimate of drug-likeness (QED) is 0.899. The van der Waals surface area contributed by atoms with E-state index in [1.807, 2.05) is 31.2 Å². The van der Waals surface area contributed by atoms with E-state index in [2.05, 4.69) is 10.3 Å². The lowest BCUT2D eigenvalue weighted by Gasteiger charge is -2.17. The Kier molecular flexibility index (Phi) is 3.81. The Morgan fingerprint density at radius 2 is 2.14 bits per heavy atom. The summed E-state index contributed by atoms with van der Waals surface area (Å²) in [5.74, 6) is -0.553. The molecule has 1 saturated heterocycles. The van der Waals surface area contributed by atoms with E-state index in [9.17, 15) is 9.59 Å². The number of carbonyl (C=O) groups is 2. The number of nitrogens with one attached hydrogen (secondary N) is 1. The third-order valence-corrected chi connectivity index (χ3v) is 4.38. The standard InChI is InChI=1S/C15H16N4O2S/c1-9-2-4-10(5-3-9)19-7-6-11(14(19)21)17-15-18-12(8-22-15)13(16)20/h2-5,8,11H,6-7H2,1H3,(H2,16,20)(H,17,18). The maximum absolute atomic E-state index is 12.5. The third kappa shape index (κ3) is 2.80. The highest BCUT2D eigenvalue weighted by molar-refractivity contribution is 7.13. The summed E-state index contributed by atoms with van der Waals surface area (Å²) >= 11 is 1.27. The van der Waals surface area contributed by atoms with Gasteiger partial charge in [-0.3, -0.25) is 9.59 Å². The summed E-state index contributed by atoms with van der Waals surface area (Å²) in [6, 6.07) is 7.55. The number of thiazole rings is 1. The van der Waals surface area contributed by atoms with Crippen LogP contribution in [0.4, 0.5) is 10.8 Å². The molecule has 1 aliphatic heterocycles. The topological polar surface area (TPSA) is 88.3 Å². The lowest BCUT2D eigenvalue weighted by molar-refractivity contribution is -0.117. The first-order valence-electron chi connectivity index (χ1n) is 6.94. The molecule has 1 unspecified atom stereocenters. The van der Waals surface area contributed by atoms with Crippen molar-refractivity contribution >= 4 is 34.0 Å². The van der Waals surface area contributed by atoms with Crippen molar-refractivity contribution in [1.29, 1.82) is 0 Å². The predicted octanol–water partition coefficient (Wildman–Crippen LogP) is 1.77. The molecule has 2 amide bonds. The number of nitrogens with two attached hydrogens (primary N) is 1. The lowest BCUT2D eigenvalue weighted by atomic mass is 10.2. The minimum atomic E-state index is -0.566. The van der Waals surface area contributed by atoms with Crippen LogP contribution in [0.15, 0.2) is 29.6 Å². The Morgan fingerprint density at radius 1 is 1.41 bits per heavy atom. The maximum Gasteiger partial charge on any atom is 0.268 e. The van der Waals surface area contributed by atoms with Gasteiger partial charge in [-0.1, -0.05) is 17.7 Å². The maximum atomic E-state index is 12.5. The van der Waals surface area contributed by atoms with Crippen molar-refractivity contribution in [2.24, 2.45) is 5.73 Å². The van der Waals surface area contributed by atoms with Gasteiger partial charge in [0.25, 0.3) is 5.91 Å². The van der Waals surface area contributed by atoms with Gasteiger partial charge in [0.15, 0.2) is 5.13 Å². The molecule has 1 aliphatic rings. The Labute approximate surface area is 132 Å². The summed E-state index contributed by atoms with van der Waals surface area (Å²) < 4.78 is 0. The second-order valence-electron chi connectivity index (χ2n) is 5.21. The Balaban J connectivity index is 1.70. The summed E-state index contributed by atoms with van der Waals surface area (Å²) in [5.41, 5.74) is 7.45. The van der Waals surface area contributed by atoms with Crippen molar-refractivity contribution < 1.29 is 9.59 Å². The Hall–Kier alpha value is -2.41. The van der Waals surface area contributed by atoms with Crippen molar-refractivity contribution in [1.82, 2.24) is 4.98 Å². The molecule has 0 saturated carbocycles. The molecule has 7 heteroatoms. The number of benzene rings is 1. The summed E-state index contributed by atoms with van der Waals surface area (Å²) in [5, 5.41) is 5.21. The van der Waals surface area contributed by atoms with Gasteiger partial charge in [-0.2, -0.15) is 0 Å². The molecule has 0 spiro atoms. The molecule has 1 aromatic carbocycles. The zero-order chi connectivity index (χ0) is 15.7. The molecular formula is C15H16N4O2S. The van der Waals surface area contributed by atoms with E-state index in [-0.39, 0.29) is 17.6 Å². The first kappa shape index (κ1) is 14.5. The van der Waals surface area contributed by atoms with Gasteiger partial charge in [-0.15, -0.1) is 11.3 Å². The Bertz CT molecular complexity index is 711. The Morgan fingerprint density at radius 3 is 2.77 bits per heavy atom. The van der Waals surface area contributed by atoms with Crippen LogP contribution < -0.4 is 16.0 Å². The molecule has 1 aromatic heterocycles. The molecule has 3 N–H and O–H groups in total. The number of hydrogen-bond acceptors (Lipinski definition) is 5. The van der Waals surface area contributed by atoms with Gasteiger partial charge in [-0.05, 0) is 25.5 Å². The summed E-state index contributed by atoms with van der Waals surface area (Å²) in [4.78, 5) is 29.4. The van der Waals surface area contributed by atoms with Crippen molar-refractivity contribution in [2.45, 2.75) is 19.4 Å². The minimum Gasteiger partial charge on any atom is -0.364 e. The predicted molar refractivity (Wildman–Crippen MR) is 86.2 cm³/mol. The van der Waals surface area contributed by atoms with Crippen LogP contribution in [-0.4, -0.2) is 29.4 Å². The first-order valence-corrected chi connectivity index (χ1v) is 7.82. The van der Waals surface area contributed by atoms with Gasteiger partial charge in [0.05, 0.1) is 0 Å². The van der Waals surface area contributed by atoms with Crippen LogP contribution in [0.2, 0.25) is 0 Å². The molecule has 2 heterocycles. The van der Waals surface area contributed by atoms with Crippen LogP contribution in [-0.2, 0) is 4.79 Å². The molecular weight excluding hydrogens is 300 g/mol. The third-order valence-electron chi connectivity index (χ3n) is 3.61. The number of aryl methyl sites for hydroxylation is 1. The number of nitrogens with zero attached hydrogens (tertiary/aromatic N) is 2. The molecule has 2 aromatic rings. The van der Waals surface area contributed by atoms with E-state index >= 15 is 0 Å². The highest BCUT2D eigenvalue weighted by Gasteiger charge is 2.33. The van der Waals surface area contributed by atoms with Gasteiger partial charge in [0.2, 0.25) is 5.91 Å². The molecule has 3 rings (SSSR count). The zero-order valence-electron chi connectivity index (χ0n) is 12.1. The van der Waals surface area contributed by atoms with Crippen molar-refractivity contribution in [3.8, 4) is 0 Å². The van der Waals surface area contributed by atoms with Crippen LogP contribution in [0.5, 0.6) is 0 Å². The molecule has 6 nitrogen and oxygen atoms in total. The van der Waals surface area contributed by atoms with E-state index in [1.54, 1.807) is 10.3 Å². The van der Waals surface area contributed by atoms with Crippen LogP contribution >= 0.6 is 11.3 Å². The zero-order valence-corrected chi connectivity index (χ0v) is 12.9. The number of amides is 2. The fourth-order valence-corrected chi connectivity index (χ4v) is 3.15. The van der Waals surface area contributed by atoms with Crippen LogP contribution in [0.1, 0.15) is 22.5 Å². The van der Waals surface area contributed by atoms with E-state index in [0.717, 1.165) is 11.3 Å². The smallest absolute Gasteiger partial charge is 0.268 e. The normalized spacial score (nSPS) is 17.8. The van der Waals surface area contributed by atoms with E-state index in [0.29, 0.717) is 18.1 Å². The van der Waals surface area contributed by atoms with Gasteiger partial charge in [-0.25, -0.2) is 4.98 Å². The highest BCUT2D eigenvalue weighted by atomic mass is 32.1. The van der Waals surface area contributed by atoms with E-state index in [4.69, 9.17) is 5.73 Å². The van der Waals surface area contributed by atoms with Crippen molar-refractivity contribution in [3.63, 3.8) is 0 Å². The average Bonchev–Trinajstić information content (AvgIpc) is 3.09. The van der Waals surface area contributed by atoms with Gasteiger partial charge < -0.3 is 16.0 Å². The number of rotatable bonds is 4. The van der Waals surface area contributed by atoms with E-state index in [1.165, 1.54) is 11.3 Å². The minimum absolute atomic E-state index is 0.0136. The lowest BCUT2D eigenvalue weighted by Crippen LogP contribution is -2.33. The largest absolute Gasteiger partial charge is 0.364 e. The molecule has 114 valence electrons. The fraction of sp³-hybridized carbons (Fsp3) is 0.267. The molecule has 0 radical (unpaired) electrons. The number of aromatic nitrogens is 1. The van der Waals surface area contributed by atoms with Crippen molar-refractivity contribution in [2.75, 3.05) is 16.8 Å². The molecule has 0 bridgehead atoms. The van der Waals surface area contributed by atoms with Crippen LogP contribution in [0.3, 0.4) is 0 Å². The molecule has 1 fully saturated rings. The number of anilines is 2. The second-order valence-corrected chi connectivity index (χ2v) is 6.07. The van der Waals surface area contributed by atoms with E-state index < -0.39 is 5.91 Å². The highest BCUT2D eigenvalue weighted by Crippen LogP contribution is 2.25. The van der Waals surface area contributed by atoms with Gasteiger partial charge >= 0.3 is 0 Å². The molecule has 22 heavy (non-hydrogen) atoms. The first-order chi connectivity index (χ1) is 10.5.